The fraction of sp³-hybridized carbons (Fsp3) is 0. The number of furan rings is 2. The van der Waals surface area contributed by atoms with Gasteiger partial charge in [0.1, 0.15) is 22.3 Å². The van der Waals surface area contributed by atoms with Gasteiger partial charge in [-0.15, -0.1) is 0 Å². The topological polar surface area (TPSA) is 29.5 Å². The standard InChI is InChI=1S/C40H25NO2/c1-2-13-28-26(11-1)12-9-20-35(28)41(27-23-24-39-34(25-27)31-16-5-7-21-37(31)42-39)36-19-6-3-14-29(36)32-17-10-18-33-30-15-4-8-22-38(30)43-40(32)33/h1-25H. The van der Waals surface area contributed by atoms with E-state index in [4.69, 9.17) is 8.83 Å². The Kier molecular flexibility index (Phi) is 5.20. The molecule has 0 N–H and O–H groups in total. The molecule has 0 saturated heterocycles. The van der Waals surface area contributed by atoms with Gasteiger partial charge < -0.3 is 13.7 Å². The normalized spacial score (nSPS) is 11.7. The van der Waals surface area contributed by atoms with E-state index in [0.29, 0.717) is 0 Å². The number of anilines is 3. The lowest BCUT2D eigenvalue weighted by atomic mass is 9.98. The summed E-state index contributed by atoms with van der Waals surface area (Å²) in [7, 11) is 0. The third-order valence-electron chi connectivity index (χ3n) is 8.47. The molecule has 9 rings (SSSR count). The summed E-state index contributed by atoms with van der Waals surface area (Å²) in [5, 5.41) is 6.81. The van der Waals surface area contributed by atoms with E-state index in [1.54, 1.807) is 0 Å². The Bertz CT molecular complexity index is 2480. The van der Waals surface area contributed by atoms with Crippen molar-refractivity contribution in [2.24, 2.45) is 0 Å². The van der Waals surface area contributed by atoms with Crippen molar-refractivity contribution in [1.29, 1.82) is 0 Å². The van der Waals surface area contributed by atoms with E-state index in [1.165, 1.54) is 10.8 Å². The Balaban J connectivity index is 1.35. The fourth-order valence-corrected chi connectivity index (χ4v) is 6.52. The minimum atomic E-state index is 0.878. The molecule has 3 nitrogen and oxygen atoms in total. The van der Waals surface area contributed by atoms with Gasteiger partial charge in [0, 0.05) is 43.7 Å². The predicted octanol–water partition coefficient (Wildman–Crippen LogP) is 11.8. The summed E-state index contributed by atoms with van der Waals surface area (Å²) >= 11 is 0. The molecule has 0 aliphatic rings. The first-order valence-corrected chi connectivity index (χ1v) is 14.5. The zero-order valence-electron chi connectivity index (χ0n) is 23.2. The molecule has 0 saturated carbocycles. The average Bonchev–Trinajstić information content (AvgIpc) is 3.64. The van der Waals surface area contributed by atoms with Gasteiger partial charge >= 0.3 is 0 Å². The van der Waals surface area contributed by atoms with Gasteiger partial charge in [-0.25, -0.2) is 0 Å². The van der Waals surface area contributed by atoms with Gasteiger partial charge in [-0.3, -0.25) is 0 Å². The molecule has 0 unspecified atom stereocenters. The molecule has 9 aromatic rings. The van der Waals surface area contributed by atoms with Crippen LogP contribution in [-0.4, -0.2) is 0 Å². The van der Waals surface area contributed by atoms with E-state index in [9.17, 15) is 0 Å². The van der Waals surface area contributed by atoms with Crippen molar-refractivity contribution in [1.82, 2.24) is 0 Å². The highest BCUT2D eigenvalue weighted by molar-refractivity contribution is 6.12. The van der Waals surface area contributed by atoms with E-state index < -0.39 is 0 Å². The molecule has 2 heterocycles. The van der Waals surface area contributed by atoms with Crippen LogP contribution in [0.5, 0.6) is 0 Å². The third kappa shape index (κ3) is 3.68. The van der Waals surface area contributed by atoms with Crippen LogP contribution >= 0.6 is 0 Å². The summed E-state index contributed by atoms with van der Waals surface area (Å²) in [6, 6.07) is 53.1. The van der Waals surface area contributed by atoms with Crippen LogP contribution in [0.15, 0.2) is 160 Å². The highest BCUT2D eigenvalue weighted by Crippen LogP contribution is 2.46. The maximum Gasteiger partial charge on any atom is 0.143 e. The van der Waals surface area contributed by atoms with Crippen LogP contribution < -0.4 is 4.90 Å². The van der Waals surface area contributed by atoms with Crippen LogP contribution in [0.3, 0.4) is 0 Å². The van der Waals surface area contributed by atoms with Crippen molar-refractivity contribution in [2.45, 2.75) is 0 Å². The van der Waals surface area contributed by atoms with Gasteiger partial charge in [0.15, 0.2) is 0 Å². The van der Waals surface area contributed by atoms with Crippen LogP contribution in [0.2, 0.25) is 0 Å². The summed E-state index contributed by atoms with van der Waals surface area (Å²) in [4.78, 5) is 2.38. The number of fused-ring (bicyclic) bond motifs is 7. The van der Waals surface area contributed by atoms with Crippen LogP contribution in [-0.2, 0) is 0 Å². The van der Waals surface area contributed by atoms with Crippen LogP contribution in [0, 0.1) is 0 Å². The summed E-state index contributed by atoms with van der Waals surface area (Å²) in [5.41, 5.74) is 8.94. The molecule has 0 atom stereocenters. The lowest BCUT2D eigenvalue weighted by molar-refractivity contribution is 0.669. The third-order valence-corrected chi connectivity index (χ3v) is 8.47. The maximum atomic E-state index is 6.52. The van der Waals surface area contributed by atoms with E-state index in [2.05, 4.69) is 132 Å². The molecule has 2 aromatic heterocycles. The number of para-hydroxylation sites is 4. The summed E-state index contributed by atoms with van der Waals surface area (Å²) in [6.45, 7) is 0. The van der Waals surface area contributed by atoms with Gasteiger partial charge in [-0.1, -0.05) is 109 Å². The molecule has 202 valence electrons. The lowest BCUT2D eigenvalue weighted by Crippen LogP contribution is -2.11. The Morgan fingerprint density at radius 1 is 0.372 bits per heavy atom. The van der Waals surface area contributed by atoms with Crippen LogP contribution in [0.1, 0.15) is 0 Å². The smallest absolute Gasteiger partial charge is 0.143 e. The first kappa shape index (κ1) is 23.9. The van der Waals surface area contributed by atoms with Crippen molar-refractivity contribution in [3.8, 4) is 11.1 Å². The Morgan fingerprint density at radius 3 is 1.84 bits per heavy atom. The van der Waals surface area contributed by atoms with Crippen molar-refractivity contribution in [2.75, 3.05) is 4.90 Å². The minimum Gasteiger partial charge on any atom is -0.456 e. The van der Waals surface area contributed by atoms with E-state index >= 15 is 0 Å². The lowest BCUT2D eigenvalue weighted by Gasteiger charge is -2.29. The zero-order valence-corrected chi connectivity index (χ0v) is 23.2. The first-order chi connectivity index (χ1) is 21.3. The Hall–Kier alpha value is -5.80. The number of hydrogen-bond donors (Lipinski definition) is 0. The SMILES string of the molecule is c1ccc(N(c2ccc3oc4ccccc4c3c2)c2cccc3ccccc23)c(-c2cccc3c2oc2ccccc23)c1. The second-order valence-electron chi connectivity index (χ2n) is 10.9. The van der Waals surface area contributed by atoms with Gasteiger partial charge in [0.2, 0.25) is 0 Å². The fourth-order valence-electron chi connectivity index (χ4n) is 6.52. The number of nitrogens with zero attached hydrogens (tertiary/aromatic N) is 1. The van der Waals surface area contributed by atoms with Crippen molar-refractivity contribution >= 4 is 71.7 Å². The number of rotatable bonds is 4. The second-order valence-corrected chi connectivity index (χ2v) is 10.9. The van der Waals surface area contributed by atoms with Gasteiger partial charge in [0.05, 0.1) is 11.4 Å². The first-order valence-electron chi connectivity index (χ1n) is 14.5. The summed E-state index contributed by atoms with van der Waals surface area (Å²) in [5.74, 6) is 0. The number of benzene rings is 7. The second kappa shape index (κ2) is 9.37. The molecule has 0 bridgehead atoms. The number of hydrogen-bond acceptors (Lipinski definition) is 3. The molecular weight excluding hydrogens is 526 g/mol. The molecule has 7 aromatic carbocycles. The molecule has 0 fully saturated rings. The molecule has 0 radical (unpaired) electrons. The molecular formula is C40H25NO2. The summed E-state index contributed by atoms with van der Waals surface area (Å²) < 4.78 is 12.7. The molecule has 0 aliphatic heterocycles. The Labute approximate surface area is 247 Å². The zero-order chi connectivity index (χ0) is 28.3. The molecule has 3 heteroatoms. The van der Waals surface area contributed by atoms with Gasteiger partial charge in [0.25, 0.3) is 0 Å². The predicted molar refractivity (Wildman–Crippen MR) is 179 cm³/mol. The van der Waals surface area contributed by atoms with Crippen molar-refractivity contribution < 1.29 is 8.83 Å². The van der Waals surface area contributed by atoms with Gasteiger partial charge in [-0.05, 0) is 47.9 Å². The average molecular weight is 552 g/mol. The largest absolute Gasteiger partial charge is 0.456 e. The minimum absolute atomic E-state index is 0.878. The quantitative estimate of drug-likeness (QED) is 0.218. The van der Waals surface area contributed by atoms with E-state index in [-0.39, 0.29) is 0 Å². The van der Waals surface area contributed by atoms with E-state index in [1.807, 2.05) is 24.3 Å². The maximum absolute atomic E-state index is 6.52. The van der Waals surface area contributed by atoms with Crippen molar-refractivity contribution in [3.05, 3.63) is 152 Å². The summed E-state index contributed by atoms with van der Waals surface area (Å²) in [6.07, 6.45) is 0. The molecule has 0 aliphatic carbocycles. The monoisotopic (exact) mass is 551 g/mol. The Morgan fingerprint density at radius 2 is 0.953 bits per heavy atom. The highest BCUT2D eigenvalue weighted by Gasteiger charge is 2.22. The van der Waals surface area contributed by atoms with E-state index in [0.717, 1.165) is 72.1 Å². The van der Waals surface area contributed by atoms with Crippen LogP contribution in [0.25, 0.3) is 65.8 Å². The molecule has 43 heavy (non-hydrogen) atoms. The highest BCUT2D eigenvalue weighted by atomic mass is 16.3. The molecule has 0 spiro atoms. The van der Waals surface area contributed by atoms with Crippen molar-refractivity contribution in [3.63, 3.8) is 0 Å². The molecule has 0 amide bonds. The van der Waals surface area contributed by atoms with Crippen LogP contribution in [0.4, 0.5) is 17.1 Å². The van der Waals surface area contributed by atoms with Gasteiger partial charge in [-0.2, -0.15) is 0 Å².